The van der Waals surface area contributed by atoms with Crippen molar-refractivity contribution in [1.29, 1.82) is 0 Å². The van der Waals surface area contributed by atoms with Crippen LogP contribution in [-0.4, -0.2) is 11.6 Å². The number of rotatable bonds is 3. The monoisotopic (exact) mass is 199 g/mol. The van der Waals surface area contributed by atoms with Crippen molar-refractivity contribution in [2.24, 2.45) is 0 Å². The van der Waals surface area contributed by atoms with Crippen LogP contribution in [0, 0.1) is 6.92 Å². The van der Waals surface area contributed by atoms with Gasteiger partial charge in [-0.3, -0.25) is 4.98 Å². The molecule has 0 saturated heterocycles. The lowest BCUT2D eigenvalue weighted by molar-refractivity contribution is 0.367. The molecule has 0 aliphatic rings. The summed E-state index contributed by atoms with van der Waals surface area (Å²) in [5.74, 6) is 0.873. The molecule has 15 heavy (non-hydrogen) atoms. The van der Waals surface area contributed by atoms with Gasteiger partial charge in [0.25, 0.3) is 0 Å². The van der Waals surface area contributed by atoms with Gasteiger partial charge in [-0.15, -0.1) is 0 Å². The standard InChI is InChI=1S/C13H13NO/c1-3-8-15-13-9-10(2)14-12-7-5-4-6-11(12)13/h3-7,9H,1,8H2,2H3. The molecule has 1 heterocycles. The SMILES string of the molecule is C=CCOc1cc(C)nc2ccccc12. The van der Waals surface area contributed by atoms with E-state index in [0.717, 1.165) is 22.3 Å². The van der Waals surface area contributed by atoms with E-state index in [1.807, 2.05) is 37.3 Å². The molecular weight excluding hydrogens is 186 g/mol. The highest BCUT2D eigenvalue weighted by molar-refractivity contribution is 5.85. The van der Waals surface area contributed by atoms with Gasteiger partial charge in [0.2, 0.25) is 0 Å². The number of aryl methyl sites for hydroxylation is 1. The highest BCUT2D eigenvalue weighted by Gasteiger charge is 2.03. The molecule has 0 aliphatic heterocycles. The van der Waals surface area contributed by atoms with Gasteiger partial charge < -0.3 is 4.74 Å². The van der Waals surface area contributed by atoms with Crippen molar-refractivity contribution < 1.29 is 4.74 Å². The summed E-state index contributed by atoms with van der Waals surface area (Å²) in [5, 5.41) is 1.05. The fourth-order valence-corrected chi connectivity index (χ4v) is 1.54. The average Bonchev–Trinajstić information content (AvgIpc) is 2.25. The van der Waals surface area contributed by atoms with Crippen LogP contribution in [0.15, 0.2) is 43.0 Å². The van der Waals surface area contributed by atoms with Gasteiger partial charge in [-0.1, -0.05) is 24.8 Å². The molecule has 2 rings (SSSR count). The number of hydrogen-bond acceptors (Lipinski definition) is 2. The quantitative estimate of drug-likeness (QED) is 0.708. The van der Waals surface area contributed by atoms with Crippen molar-refractivity contribution in [2.45, 2.75) is 6.92 Å². The van der Waals surface area contributed by atoms with E-state index in [4.69, 9.17) is 4.74 Å². The summed E-state index contributed by atoms with van der Waals surface area (Å²) in [6.07, 6.45) is 1.74. The summed E-state index contributed by atoms with van der Waals surface area (Å²) in [6.45, 7) is 6.12. The Kier molecular flexibility index (Phi) is 2.68. The van der Waals surface area contributed by atoms with Gasteiger partial charge in [0, 0.05) is 17.1 Å². The molecule has 0 fully saturated rings. The Morgan fingerprint density at radius 2 is 2.20 bits per heavy atom. The molecule has 0 amide bonds. The number of fused-ring (bicyclic) bond motifs is 1. The van der Waals surface area contributed by atoms with E-state index in [1.54, 1.807) is 6.08 Å². The van der Waals surface area contributed by atoms with Gasteiger partial charge in [-0.05, 0) is 19.1 Å². The molecular formula is C13H13NO. The molecule has 0 saturated carbocycles. The number of benzene rings is 1. The predicted molar refractivity (Wildman–Crippen MR) is 62.2 cm³/mol. The third-order valence-electron chi connectivity index (χ3n) is 2.16. The van der Waals surface area contributed by atoms with E-state index in [-0.39, 0.29) is 0 Å². The first-order valence-corrected chi connectivity index (χ1v) is 4.91. The van der Waals surface area contributed by atoms with Crippen LogP contribution in [-0.2, 0) is 0 Å². The first kappa shape index (κ1) is 9.71. The van der Waals surface area contributed by atoms with Crippen LogP contribution in [0.3, 0.4) is 0 Å². The van der Waals surface area contributed by atoms with E-state index in [1.165, 1.54) is 0 Å². The number of hydrogen-bond donors (Lipinski definition) is 0. The zero-order chi connectivity index (χ0) is 10.7. The maximum absolute atomic E-state index is 5.59. The smallest absolute Gasteiger partial charge is 0.130 e. The Hall–Kier alpha value is -1.83. The van der Waals surface area contributed by atoms with Crippen LogP contribution in [0.1, 0.15) is 5.69 Å². The van der Waals surface area contributed by atoms with Crippen LogP contribution in [0.2, 0.25) is 0 Å². The predicted octanol–water partition coefficient (Wildman–Crippen LogP) is 3.11. The Morgan fingerprint density at radius 3 is 3.00 bits per heavy atom. The fraction of sp³-hybridized carbons (Fsp3) is 0.154. The van der Waals surface area contributed by atoms with Crippen LogP contribution in [0.4, 0.5) is 0 Å². The topological polar surface area (TPSA) is 22.1 Å². The molecule has 0 radical (unpaired) electrons. The minimum absolute atomic E-state index is 0.521. The second-order valence-electron chi connectivity index (χ2n) is 3.38. The van der Waals surface area contributed by atoms with E-state index >= 15 is 0 Å². The van der Waals surface area contributed by atoms with Crippen LogP contribution in [0.25, 0.3) is 10.9 Å². The summed E-state index contributed by atoms with van der Waals surface area (Å²) in [7, 11) is 0. The van der Waals surface area contributed by atoms with E-state index in [9.17, 15) is 0 Å². The lowest BCUT2D eigenvalue weighted by Gasteiger charge is -2.08. The lowest BCUT2D eigenvalue weighted by atomic mass is 10.2. The zero-order valence-corrected chi connectivity index (χ0v) is 8.73. The molecule has 76 valence electrons. The van der Waals surface area contributed by atoms with Crippen LogP contribution < -0.4 is 4.74 Å². The van der Waals surface area contributed by atoms with Gasteiger partial charge in [0.05, 0.1) is 5.52 Å². The summed E-state index contributed by atoms with van der Waals surface area (Å²) in [5.41, 5.74) is 1.93. The van der Waals surface area contributed by atoms with E-state index in [2.05, 4.69) is 11.6 Å². The normalized spacial score (nSPS) is 10.2. The summed E-state index contributed by atoms with van der Waals surface area (Å²) in [4.78, 5) is 4.44. The van der Waals surface area contributed by atoms with Crippen molar-refractivity contribution in [3.05, 3.63) is 48.7 Å². The minimum Gasteiger partial charge on any atom is -0.489 e. The average molecular weight is 199 g/mol. The van der Waals surface area contributed by atoms with E-state index in [0.29, 0.717) is 6.61 Å². The molecule has 1 aromatic carbocycles. The first-order valence-electron chi connectivity index (χ1n) is 4.91. The largest absolute Gasteiger partial charge is 0.489 e. The molecule has 0 atom stereocenters. The highest BCUT2D eigenvalue weighted by atomic mass is 16.5. The second-order valence-corrected chi connectivity index (χ2v) is 3.38. The van der Waals surface area contributed by atoms with Crippen LogP contribution >= 0.6 is 0 Å². The fourth-order valence-electron chi connectivity index (χ4n) is 1.54. The van der Waals surface area contributed by atoms with Gasteiger partial charge >= 0.3 is 0 Å². The van der Waals surface area contributed by atoms with Crippen molar-refractivity contribution in [2.75, 3.05) is 6.61 Å². The molecule has 0 spiro atoms. The van der Waals surface area contributed by atoms with Gasteiger partial charge in [0.15, 0.2) is 0 Å². The molecule has 0 bridgehead atoms. The number of pyridine rings is 1. The number of aromatic nitrogens is 1. The zero-order valence-electron chi connectivity index (χ0n) is 8.73. The van der Waals surface area contributed by atoms with E-state index < -0.39 is 0 Å². The maximum Gasteiger partial charge on any atom is 0.130 e. The first-order chi connectivity index (χ1) is 7.31. The molecule has 2 heteroatoms. The summed E-state index contributed by atoms with van der Waals surface area (Å²) < 4.78 is 5.59. The van der Waals surface area contributed by atoms with Crippen molar-refractivity contribution >= 4 is 10.9 Å². The molecule has 2 aromatic rings. The second kappa shape index (κ2) is 4.13. The summed E-state index contributed by atoms with van der Waals surface area (Å²) >= 11 is 0. The van der Waals surface area contributed by atoms with Crippen molar-refractivity contribution in [3.8, 4) is 5.75 Å². The van der Waals surface area contributed by atoms with Gasteiger partial charge in [-0.2, -0.15) is 0 Å². The Morgan fingerprint density at radius 1 is 1.40 bits per heavy atom. The number of nitrogens with zero attached hydrogens (tertiary/aromatic N) is 1. The van der Waals surface area contributed by atoms with Crippen LogP contribution in [0.5, 0.6) is 5.75 Å². The number of ether oxygens (including phenoxy) is 1. The molecule has 1 aromatic heterocycles. The Bertz CT molecular complexity index is 491. The third kappa shape index (κ3) is 1.99. The molecule has 0 unspecified atom stereocenters. The third-order valence-corrected chi connectivity index (χ3v) is 2.16. The number of para-hydroxylation sites is 1. The molecule has 0 N–H and O–H groups in total. The van der Waals surface area contributed by atoms with Gasteiger partial charge in [0.1, 0.15) is 12.4 Å². The maximum atomic E-state index is 5.59. The van der Waals surface area contributed by atoms with Crippen molar-refractivity contribution in [1.82, 2.24) is 4.98 Å². The summed E-state index contributed by atoms with van der Waals surface area (Å²) in [6, 6.07) is 9.92. The van der Waals surface area contributed by atoms with Gasteiger partial charge in [-0.25, -0.2) is 0 Å². The lowest BCUT2D eigenvalue weighted by Crippen LogP contribution is -1.95. The highest BCUT2D eigenvalue weighted by Crippen LogP contribution is 2.24. The Balaban J connectivity index is 2.55. The minimum atomic E-state index is 0.521. The Labute approximate surface area is 89.2 Å². The van der Waals surface area contributed by atoms with Crippen molar-refractivity contribution in [3.63, 3.8) is 0 Å². The molecule has 2 nitrogen and oxygen atoms in total. The molecule has 0 aliphatic carbocycles.